The number of carbonyl (C=O) groups is 3. The molecule has 0 radical (unpaired) electrons. The first-order valence-electron chi connectivity index (χ1n) is 16.0. The Kier molecular flexibility index (Phi) is 10.4. The minimum absolute atomic E-state index is 0.0256. The van der Waals surface area contributed by atoms with Gasteiger partial charge in [-0.15, -0.1) is 0 Å². The van der Waals surface area contributed by atoms with Crippen LogP contribution in [0.3, 0.4) is 0 Å². The molecule has 1 fully saturated rings. The standard InChI is InChI=1S/C34H40ClFN6O7/c1-34(2,3)28(42-19-24(23-6-5-7-25(36)27(23)35)29(43)41(33(42)48)17-13-37-32(46)47)30(44)39-14-11-21(12-15-39)40-16-10-20-18-22(49-4)8-9-26(20)38-31(40)45/h5-9,18-19,21,28,37H,10-17H2,1-4H3,(H,38,45)(H,46,47). The number of carboxylic acid groups (broad SMARTS) is 1. The molecule has 13 nitrogen and oxygen atoms in total. The lowest BCUT2D eigenvalue weighted by atomic mass is 9.85. The zero-order valence-electron chi connectivity index (χ0n) is 27.8. The summed E-state index contributed by atoms with van der Waals surface area (Å²) in [7, 11) is 1.59. The zero-order chi connectivity index (χ0) is 35.6. The van der Waals surface area contributed by atoms with Gasteiger partial charge in [-0.2, -0.15) is 0 Å². The Balaban J connectivity index is 1.43. The van der Waals surface area contributed by atoms with Crippen LogP contribution in [-0.4, -0.2) is 81.4 Å². The van der Waals surface area contributed by atoms with Crippen molar-refractivity contribution in [3.63, 3.8) is 0 Å². The smallest absolute Gasteiger partial charge is 0.404 e. The molecular weight excluding hydrogens is 659 g/mol. The Bertz CT molecular complexity index is 1880. The largest absolute Gasteiger partial charge is 0.497 e. The number of fused-ring (bicyclic) bond motifs is 1. The molecule has 2 aliphatic heterocycles. The molecule has 2 aromatic carbocycles. The molecule has 1 unspecified atom stereocenters. The average Bonchev–Trinajstić information content (AvgIpc) is 3.22. The molecular formula is C34H40ClFN6O7. The Morgan fingerprint density at radius 2 is 1.82 bits per heavy atom. The number of amides is 4. The number of hydrogen-bond donors (Lipinski definition) is 3. The Morgan fingerprint density at radius 1 is 1.10 bits per heavy atom. The van der Waals surface area contributed by atoms with Crippen LogP contribution in [0, 0.1) is 11.2 Å². The van der Waals surface area contributed by atoms with E-state index in [0.717, 1.165) is 21.9 Å². The van der Waals surface area contributed by atoms with E-state index < -0.39 is 34.6 Å². The molecule has 262 valence electrons. The highest BCUT2D eigenvalue weighted by Crippen LogP contribution is 2.35. The predicted octanol–water partition coefficient (Wildman–Crippen LogP) is 4.41. The molecule has 3 aromatic rings. The highest BCUT2D eigenvalue weighted by Gasteiger charge is 2.40. The third-order valence-electron chi connectivity index (χ3n) is 9.04. The summed E-state index contributed by atoms with van der Waals surface area (Å²) in [5, 5.41) is 13.9. The summed E-state index contributed by atoms with van der Waals surface area (Å²) in [6, 6.07) is 8.03. The van der Waals surface area contributed by atoms with Crippen molar-refractivity contribution in [1.29, 1.82) is 0 Å². The van der Waals surface area contributed by atoms with Crippen molar-refractivity contribution in [3.8, 4) is 16.9 Å². The van der Waals surface area contributed by atoms with Gasteiger partial charge in [0, 0.05) is 56.2 Å². The fraction of sp³-hybridized carbons (Fsp3) is 0.441. The summed E-state index contributed by atoms with van der Waals surface area (Å²) < 4.78 is 21.9. The van der Waals surface area contributed by atoms with E-state index in [2.05, 4.69) is 10.6 Å². The van der Waals surface area contributed by atoms with Crippen LogP contribution in [0.4, 0.5) is 19.7 Å². The van der Waals surface area contributed by atoms with E-state index in [4.69, 9.17) is 21.4 Å². The molecule has 1 atom stereocenters. The second-order valence-electron chi connectivity index (χ2n) is 13.2. The van der Waals surface area contributed by atoms with Crippen LogP contribution in [-0.2, 0) is 17.8 Å². The first-order valence-corrected chi connectivity index (χ1v) is 16.4. The highest BCUT2D eigenvalue weighted by molar-refractivity contribution is 6.33. The summed E-state index contributed by atoms with van der Waals surface area (Å²) in [5.74, 6) is -0.430. The van der Waals surface area contributed by atoms with Crippen molar-refractivity contribution in [1.82, 2.24) is 24.3 Å². The number of hydrogen-bond acceptors (Lipinski definition) is 6. The maximum absolute atomic E-state index is 14.5. The lowest BCUT2D eigenvalue weighted by Gasteiger charge is -2.41. The topological polar surface area (TPSA) is 155 Å². The predicted molar refractivity (Wildman–Crippen MR) is 182 cm³/mol. The van der Waals surface area contributed by atoms with E-state index in [1.165, 1.54) is 22.9 Å². The van der Waals surface area contributed by atoms with Crippen LogP contribution < -0.4 is 26.6 Å². The molecule has 0 spiro atoms. The second kappa shape index (κ2) is 14.3. The zero-order valence-corrected chi connectivity index (χ0v) is 28.6. The second-order valence-corrected chi connectivity index (χ2v) is 13.6. The molecule has 3 heterocycles. The number of carbonyl (C=O) groups excluding carboxylic acids is 2. The van der Waals surface area contributed by atoms with E-state index in [1.54, 1.807) is 43.7 Å². The summed E-state index contributed by atoms with van der Waals surface area (Å²) in [5.41, 5.74) is -0.866. The van der Waals surface area contributed by atoms with Gasteiger partial charge in [0.25, 0.3) is 5.56 Å². The number of halogens is 2. The van der Waals surface area contributed by atoms with E-state index in [1.807, 2.05) is 12.1 Å². The van der Waals surface area contributed by atoms with Crippen molar-refractivity contribution >= 4 is 35.3 Å². The van der Waals surface area contributed by atoms with Gasteiger partial charge in [-0.05, 0) is 54.5 Å². The first-order chi connectivity index (χ1) is 23.2. The van der Waals surface area contributed by atoms with Crippen LogP contribution >= 0.6 is 11.6 Å². The van der Waals surface area contributed by atoms with Gasteiger partial charge in [0.2, 0.25) is 5.91 Å². The maximum atomic E-state index is 14.5. The normalized spacial score (nSPS) is 16.0. The summed E-state index contributed by atoms with van der Waals surface area (Å²) >= 11 is 6.27. The molecule has 4 amide bonds. The molecule has 5 rings (SSSR count). The number of likely N-dealkylation sites (tertiary alicyclic amines) is 1. The number of piperidine rings is 1. The summed E-state index contributed by atoms with van der Waals surface area (Å²) in [4.78, 5) is 69.8. The quantitative estimate of drug-likeness (QED) is 0.315. The molecule has 1 saturated heterocycles. The van der Waals surface area contributed by atoms with Crippen molar-refractivity contribution in [2.45, 2.75) is 58.7 Å². The Morgan fingerprint density at radius 3 is 2.47 bits per heavy atom. The van der Waals surface area contributed by atoms with Gasteiger partial charge < -0.3 is 30.3 Å². The minimum Gasteiger partial charge on any atom is -0.497 e. The molecule has 3 N–H and O–H groups in total. The van der Waals surface area contributed by atoms with Gasteiger partial charge in [-0.3, -0.25) is 18.7 Å². The molecule has 0 saturated carbocycles. The minimum atomic E-state index is -1.34. The van der Waals surface area contributed by atoms with Crippen LogP contribution in [0.5, 0.6) is 5.75 Å². The van der Waals surface area contributed by atoms with Gasteiger partial charge in [0.15, 0.2) is 0 Å². The van der Waals surface area contributed by atoms with Gasteiger partial charge >= 0.3 is 17.8 Å². The van der Waals surface area contributed by atoms with Crippen molar-refractivity contribution in [3.05, 3.63) is 79.8 Å². The van der Waals surface area contributed by atoms with E-state index >= 15 is 0 Å². The van der Waals surface area contributed by atoms with E-state index in [9.17, 15) is 28.4 Å². The molecule has 0 aliphatic carbocycles. The first kappa shape index (κ1) is 35.5. The number of nitrogens with one attached hydrogen (secondary N) is 2. The lowest BCUT2D eigenvalue weighted by molar-refractivity contribution is -0.139. The molecule has 0 bridgehead atoms. The number of benzene rings is 2. The number of anilines is 1. The fourth-order valence-electron chi connectivity index (χ4n) is 6.56. The Labute approximate surface area is 287 Å². The van der Waals surface area contributed by atoms with Crippen LogP contribution in [0.15, 0.2) is 52.2 Å². The van der Waals surface area contributed by atoms with Crippen molar-refractivity contribution in [2.75, 3.05) is 38.6 Å². The maximum Gasteiger partial charge on any atom is 0.404 e. The lowest BCUT2D eigenvalue weighted by Crippen LogP contribution is -2.54. The van der Waals surface area contributed by atoms with Crippen LogP contribution in [0.25, 0.3) is 11.1 Å². The van der Waals surface area contributed by atoms with Crippen molar-refractivity contribution in [2.24, 2.45) is 5.41 Å². The summed E-state index contributed by atoms with van der Waals surface area (Å²) in [6.45, 7) is 5.90. The average molecular weight is 699 g/mol. The number of methoxy groups -OCH3 is 1. The van der Waals surface area contributed by atoms with Gasteiger partial charge in [-0.1, -0.05) is 44.5 Å². The van der Waals surface area contributed by atoms with Crippen LogP contribution in [0.1, 0.15) is 45.2 Å². The number of nitrogens with zero attached hydrogens (tertiary/aromatic N) is 4. The van der Waals surface area contributed by atoms with E-state index in [-0.39, 0.29) is 47.2 Å². The molecule has 49 heavy (non-hydrogen) atoms. The fourth-order valence-corrected chi connectivity index (χ4v) is 6.78. The number of ether oxygens (including phenoxy) is 1. The van der Waals surface area contributed by atoms with Gasteiger partial charge in [-0.25, -0.2) is 18.8 Å². The molecule has 2 aliphatic rings. The van der Waals surface area contributed by atoms with Crippen LogP contribution in [0.2, 0.25) is 5.02 Å². The van der Waals surface area contributed by atoms with Gasteiger partial charge in [0.1, 0.15) is 17.6 Å². The summed E-state index contributed by atoms with van der Waals surface area (Å²) in [6.07, 6.45) is 1.55. The number of urea groups is 1. The Hall–Kier alpha value is -4.85. The van der Waals surface area contributed by atoms with Crippen molar-refractivity contribution < 1.29 is 28.6 Å². The van der Waals surface area contributed by atoms with E-state index in [0.29, 0.717) is 44.6 Å². The number of rotatable bonds is 8. The molecule has 15 heteroatoms. The number of aromatic nitrogens is 2. The molecule has 1 aromatic heterocycles. The van der Waals surface area contributed by atoms with Gasteiger partial charge in [0.05, 0.1) is 17.7 Å². The third-order valence-corrected chi connectivity index (χ3v) is 9.42. The highest BCUT2D eigenvalue weighted by atomic mass is 35.5. The SMILES string of the molecule is COc1ccc2c(c1)CCN(C1CCN(C(=O)C(n3cc(-c4cccc(F)c4Cl)c(=O)n(CCNC(=O)O)c3=O)C(C)(C)C)CC1)C(=O)N2. The monoisotopic (exact) mass is 698 g/mol. The third kappa shape index (κ3) is 7.43.